The van der Waals surface area contributed by atoms with E-state index in [4.69, 9.17) is 16.3 Å². The fourth-order valence-electron chi connectivity index (χ4n) is 2.48. The van der Waals surface area contributed by atoms with Gasteiger partial charge in [-0.15, -0.1) is 0 Å². The predicted octanol–water partition coefficient (Wildman–Crippen LogP) is 3.67. The molecular weight excluding hydrogens is 344 g/mol. The molecule has 0 unspecified atom stereocenters. The molecule has 124 valence electrons. The molecule has 0 saturated carbocycles. The topological polar surface area (TPSA) is 43.6 Å². The minimum absolute atomic E-state index is 0.171. The monoisotopic (exact) mass is 360 g/mol. The normalized spacial score (nSPS) is 12.0. The van der Waals surface area contributed by atoms with E-state index < -0.39 is 0 Å². The number of hydrogen-bond acceptors (Lipinski definition) is 3. The molecule has 0 aliphatic rings. The third-order valence-corrected chi connectivity index (χ3v) is 4.94. The number of nitrogens with zero attached hydrogens (tertiary/aromatic N) is 2. The van der Waals surface area contributed by atoms with E-state index in [1.807, 2.05) is 53.1 Å². The number of para-hydroxylation sites is 1. The summed E-state index contributed by atoms with van der Waals surface area (Å²) in [5.74, 6) is -0.171. The number of rotatable bonds is 5. The van der Waals surface area contributed by atoms with Gasteiger partial charge in [-0.2, -0.15) is 4.99 Å². The van der Waals surface area contributed by atoms with Crippen LogP contribution in [0.3, 0.4) is 0 Å². The number of methoxy groups -OCH3 is 1. The number of benzene rings is 2. The Morgan fingerprint density at radius 2 is 2.00 bits per heavy atom. The van der Waals surface area contributed by atoms with Crippen molar-refractivity contribution in [3.05, 3.63) is 63.9 Å². The maximum atomic E-state index is 12.3. The highest BCUT2D eigenvalue weighted by Crippen LogP contribution is 2.25. The lowest BCUT2D eigenvalue weighted by Crippen LogP contribution is -2.20. The van der Waals surface area contributed by atoms with Crippen LogP contribution in [0.5, 0.6) is 0 Å². The van der Waals surface area contributed by atoms with Crippen molar-refractivity contribution in [2.24, 2.45) is 4.99 Å². The molecule has 3 aromatic rings. The molecule has 0 fully saturated rings. The van der Waals surface area contributed by atoms with Crippen molar-refractivity contribution in [3.63, 3.8) is 0 Å². The molecule has 0 spiro atoms. The molecule has 0 radical (unpaired) electrons. The Labute approximate surface area is 149 Å². The van der Waals surface area contributed by atoms with Crippen molar-refractivity contribution >= 4 is 39.1 Å². The summed E-state index contributed by atoms with van der Waals surface area (Å²) in [5.41, 5.74) is 1.85. The van der Waals surface area contributed by atoms with E-state index in [9.17, 15) is 4.79 Å². The maximum absolute atomic E-state index is 12.3. The van der Waals surface area contributed by atoms with Crippen LogP contribution in [0.15, 0.2) is 53.5 Å². The highest BCUT2D eigenvalue weighted by Gasteiger charge is 2.11. The first-order chi connectivity index (χ1) is 11.7. The zero-order valence-corrected chi connectivity index (χ0v) is 14.8. The Bertz CT molecular complexity index is 916. The molecule has 24 heavy (non-hydrogen) atoms. The van der Waals surface area contributed by atoms with Gasteiger partial charge in [0.05, 0.1) is 28.3 Å². The zero-order chi connectivity index (χ0) is 16.9. The van der Waals surface area contributed by atoms with Gasteiger partial charge in [-0.3, -0.25) is 4.79 Å². The summed E-state index contributed by atoms with van der Waals surface area (Å²) in [6.45, 7) is 1.12. The molecule has 0 saturated heterocycles. The van der Waals surface area contributed by atoms with E-state index >= 15 is 0 Å². The second kappa shape index (κ2) is 7.75. The quantitative estimate of drug-likeness (QED) is 0.696. The molecule has 0 bridgehead atoms. The van der Waals surface area contributed by atoms with Crippen LogP contribution in [-0.2, 0) is 22.5 Å². The number of thiazole rings is 1. The summed E-state index contributed by atoms with van der Waals surface area (Å²) >= 11 is 7.80. The minimum Gasteiger partial charge on any atom is -0.383 e. The number of ether oxygens (including phenoxy) is 1. The molecular formula is C18H17ClN2O2S. The SMILES string of the molecule is COCCn1c(=NC(=O)Cc2ccccc2)sc2cccc(Cl)c21. The highest BCUT2D eigenvalue weighted by atomic mass is 35.5. The lowest BCUT2D eigenvalue weighted by Gasteiger charge is -2.05. The number of hydrogen-bond donors (Lipinski definition) is 0. The molecule has 0 aliphatic carbocycles. The van der Waals surface area contributed by atoms with Gasteiger partial charge in [-0.25, -0.2) is 0 Å². The standard InChI is InChI=1S/C18H17ClN2O2S/c1-23-11-10-21-17-14(19)8-5-9-15(17)24-18(21)20-16(22)12-13-6-3-2-4-7-13/h2-9H,10-12H2,1H3. The second-order valence-corrected chi connectivity index (χ2v) is 6.70. The summed E-state index contributed by atoms with van der Waals surface area (Å²) in [7, 11) is 1.65. The average Bonchev–Trinajstić information content (AvgIpc) is 2.92. The molecule has 3 rings (SSSR count). The number of carbonyl (C=O) groups is 1. The zero-order valence-electron chi connectivity index (χ0n) is 13.2. The van der Waals surface area contributed by atoms with Gasteiger partial charge >= 0.3 is 0 Å². The maximum Gasteiger partial charge on any atom is 0.252 e. The molecule has 0 aliphatic heterocycles. The summed E-state index contributed by atoms with van der Waals surface area (Å²) in [6.07, 6.45) is 0.285. The van der Waals surface area contributed by atoms with Crippen molar-refractivity contribution in [2.75, 3.05) is 13.7 Å². The lowest BCUT2D eigenvalue weighted by molar-refractivity contribution is -0.117. The third kappa shape index (κ3) is 3.75. The lowest BCUT2D eigenvalue weighted by atomic mass is 10.1. The average molecular weight is 361 g/mol. The summed E-state index contributed by atoms with van der Waals surface area (Å²) in [4.78, 5) is 17.3. The van der Waals surface area contributed by atoms with Crippen LogP contribution in [0.25, 0.3) is 10.2 Å². The van der Waals surface area contributed by atoms with Gasteiger partial charge < -0.3 is 9.30 Å². The smallest absolute Gasteiger partial charge is 0.252 e. The first-order valence-electron chi connectivity index (χ1n) is 7.57. The van der Waals surface area contributed by atoms with Gasteiger partial charge in [0.15, 0.2) is 4.80 Å². The molecule has 6 heteroatoms. The Balaban J connectivity index is 2.01. The van der Waals surface area contributed by atoms with Crippen molar-refractivity contribution < 1.29 is 9.53 Å². The van der Waals surface area contributed by atoms with E-state index in [0.717, 1.165) is 15.8 Å². The predicted molar refractivity (Wildman–Crippen MR) is 97.4 cm³/mol. The second-order valence-electron chi connectivity index (χ2n) is 5.28. The minimum atomic E-state index is -0.171. The molecule has 1 amide bonds. The summed E-state index contributed by atoms with van der Waals surface area (Å²) in [6, 6.07) is 15.3. The number of fused-ring (bicyclic) bond motifs is 1. The van der Waals surface area contributed by atoms with Crippen LogP contribution in [-0.4, -0.2) is 24.2 Å². The third-order valence-electron chi connectivity index (χ3n) is 3.59. The Morgan fingerprint density at radius 1 is 1.21 bits per heavy atom. The van der Waals surface area contributed by atoms with Crippen LogP contribution in [0.2, 0.25) is 5.02 Å². The summed E-state index contributed by atoms with van der Waals surface area (Å²) in [5, 5.41) is 0.650. The van der Waals surface area contributed by atoms with Crippen LogP contribution in [0, 0.1) is 0 Å². The Hall–Kier alpha value is -1.95. The number of amides is 1. The van der Waals surface area contributed by atoms with Gasteiger partial charge in [-0.05, 0) is 17.7 Å². The van der Waals surface area contributed by atoms with E-state index in [0.29, 0.717) is 23.0 Å². The van der Waals surface area contributed by atoms with Crippen LogP contribution in [0.1, 0.15) is 5.56 Å². The van der Waals surface area contributed by atoms with Crippen LogP contribution < -0.4 is 4.80 Å². The molecule has 1 aromatic heterocycles. The van der Waals surface area contributed by atoms with Crippen molar-refractivity contribution in [1.29, 1.82) is 0 Å². The van der Waals surface area contributed by atoms with Gasteiger partial charge in [0.2, 0.25) is 0 Å². The van der Waals surface area contributed by atoms with E-state index in [-0.39, 0.29) is 12.3 Å². The largest absolute Gasteiger partial charge is 0.383 e. The number of carbonyl (C=O) groups excluding carboxylic acids is 1. The molecule has 4 nitrogen and oxygen atoms in total. The van der Waals surface area contributed by atoms with Crippen LogP contribution in [0.4, 0.5) is 0 Å². The molecule has 1 heterocycles. The fourth-order valence-corrected chi connectivity index (χ4v) is 3.91. The first-order valence-corrected chi connectivity index (χ1v) is 8.77. The van der Waals surface area contributed by atoms with Crippen molar-refractivity contribution in [3.8, 4) is 0 Å². The number of aromatic nitrogens is 1. The molecule has 0 N–H and O–H groups in total. The van der Waals surface area contributed by atoms with Gasteiger partial charge in [-0.1, -0.05) is 59.3 Å². The van der Waals surface area contributed by atoms with Gasteiger partial charge in [0.1, 0.15) is 0 Å². The van der Waals surface area contributed by atoms with Crippen LogP contribution >= 0.6 is 22.9 Å². The Kier molecular flexibility index (Phi) is 5.45. The fraction of sp³-hybridized carbons (Fsp3) is 0.222. The van der Waals surface area contributed by atoms with Gasteiger partial charge in [0, 0.05) is 13.7 Å². The van der Waals surface area contributed by atoms with E-state index in [1.54, 1.807) is 7.11 Å². The Morgan fingerprint density at radius 3 is 2.75 bits per heavy atom. The van der Waals surface area contributed by atoms with Crippen molar-refractivity contribution in [1.82, 2.24) is 4.57 Å². The summed E-state index contributed by atoms with van der Waals surface area (Å²) < 4.78 is 8.13. The first kappa shape index (κ1) is 16.9. The van der Waals surface area contributed by atoms with Gasteiger partial charge in [0.25, 0.3) is 5.91 Å². The highest BCUT2D eigenvalue weighted by molar-refractivity contribution is 7.16. The number of halogens is 1. The van der Waals surface area contributed by atoms with E-state index in [1.165, 1.54) is 11.3 Å². The molecule has 0 atom stereocenters. The molecule has 2 aromatic carbocycles. The van der Waals surface area contributed by atoms with E-state index in [2.05, 4.69) is 4.99 Å². The van der Waals surface area contributed by atoms with Crippen molar-refractivity contribution in [2.45, 2.75) is 13.0 Å².